The van der Waals surface area contributed by atoms with E-state index in [2.05, 4.69) is 37.5 Å². The van der Waals surface area contributed by atoms with E-state index in [0.29, 0.717) is 6.54 Å². The normalized spacial score (nSPS) is 14.9. The van der Waals surface area contributed by atoms with Crippen molar-refractivity contribution >= 4 is 18.3 Å². The molecule has 1 aliphatic heterocycles. The summed E-state index contributed by atoms with van der Waals surface area (Å²) in [5.74, 6) is 0.00453. The SMILES string of the molecule is CC(C)(C)c1ccc(C(=O)NCC2=CCNCC2)cc1.Cl. The first kappa shape index (κ1) is 17.7. The van der Waals surface area contributed by atoms with Crippen LogP contribution in [0.5, 0.6) is 0 Å². The van der Waals surface area contributed by atoms with Gasteiger partial charge in [0.1, 0.15) is 0 Å². The van der Waals surface area contributed by atoms with E-state index in [-0.39, 0.29) is 23.7 Å². The van der Waals surface area contributed by atoms with Crippen LogP contribution >= 0.6 is 12.4 Å². The van der Waals surface area contributed by atoms with Gasteiger partial charge in [-0.15, -0.1) is 12.4 Å². The number of carbonyl (C=O) groups excluding carboxylic acids is 1. The van der Waals surface area contributed by atoms with E-state index in [4.69, 9.17) is 0 Å². The zero-order chi connectivity index (χ0) is 14.6. The Morgan fingerprint density at radius 2 is 1.90 bits per heavy atom. The number of hydrogen-bond acceptors (Lipinski definition) is 2. The third-order valence-corrected chi connectivity index (χ3v) is 3.65. The first-order chi connectivity index (χ1) is 9.47. The second-order valence-electron chi connectivity index (χ2n) is 6.33. The molecule has 0 saturated carbocycles. The van der Waals surface area contributed by atoms with Crippen molar-refractivity contribution in [3.8, 4) is 0 Å². The lowest BCUT2D eigenvalue weighted by atomic mass is 9.87. The topological polar surface area (TPSA) is 41.1 Å². The zero-order valence-corrected chi connectivity index (χ0v) is 13.8. The van der Waals surface area contributed by atoms with Crippen molar-refractivity contribution in [1.29, 1.82) is 0 Å². The molecule has 0 aliphatic carbocycles. The smallest absolute Gasteiger partial charge is 0.251 e. The molecule has 1 aliphatic rings. The number of rotatable bonds is 3. The second-order valence-corrected chi connectivity index (χ2v) is 6.33. The summed E-state index contributed by atoms with van der Waals surface area (Å²) in [6.45, 7) is 9.08. The molecule has 0 bridgehead atoms. The summed E-state index contributed by atoms with van der Waals surface area (Å²) in [5, 5.41) is 6.26. The van der Waals surface area contributed by atoms with E-state index in [0.717, 1.165) is 25.1 Å². The molecule has 0 atom stereocenters. The number of nitrogens with one attached hydrogen (secondary N) is 2. The summed E-state index contributed by atoms with van der Waals surface area (Å²) in [4.78, 5) is 12.1. The van der Waals surface area contributed by atoms with Gasteiger partial charge in [0.15, 0.2) is 0 Å². The molecular formula is C17H25ClN2O. The van der Waals surface area contributed by atoms with Crippen LogP contribution in [0, 0.1) is 0 Å². The van der Waals surface area contributed by atoms with Crippen LogP contribution < -0.4 is 10.6 Å². The lowest BCUT2D eigenvalue weighted by Gasteiger charge is -2.19. The number of carbonyl (C=O) groups is 1. The number of halogens is 1. The maximum atomic E-state index is 12.1. The van der Waals surface area contributed by atoms with Gasteiger partial charge in [-0.25, -0.2) is 0 Å². The van der Waals surface area contributed by atoms with Crippen LogP contribution in [0.3, 0.4) is 0 Å². The number of amides is 1. The van der Waals surface area contributed by atoms with Gasteiger partial charge in [0, 0.05) is 18.7 Å². The Bertz CT molecular complexity index is 501. The molecule has 0 saturated heterocycles. The third-order valence-electron chi connectivity index (χ3n) is 3.65. The first-order valence-corrected chi connectivity index (χ1v) is 7.24. The highest BCUT2D eigenvalue weighted by atomic mass is 35.5. The summed E-state index contributed by atoms with van der Waals surface area (Å²) >= 11 is 0. The largest absolute Gasteiger partial charge is 0.348 e. The first-order valence-electron chi connectivity index (χ1n) is 7.24. The van der Waals surface area contributed by atoms with E-state index in [1.165, 1.54) is 11.1 Å². The van der Waals surface area contributed by atoms with Crippen molar-refractivity contribution in [3.63, 3.8) is 0 Å². The van der Waals surface area contributed by atoms with Crippen LogP contribution in [0.1, 0.15) is 43.1 Å². The van der Waals surface area contributed by atoms with Crippen molar-refractivity contribution in [1.82, 2.24) is 10.6 Å². The molecule has 0 radical (unpaired) electrons. The van der Waals surface area contributed by atoms with Crippen LogP contribution in [0.2, 0.25) is 0 Å². The summed E-state index contributed by atoms with van der Waals surface area (Å²) in [6, 6.07) is 7.90. The molecule has 1 aromatic carbocycles. The van der Waals surface area contributed by atoms with Crippen molar-refractivity contribution in [2.75, 3.05) is 19.6 Å². The van der Waals surface area contributed by atoms with Crippen LogP contribution in [-0.2, 0) is 5.41 Å². The average molecular weight is 309 g/mol. The summed E-state index contributed by atoms with van der Waals surface area (Å²) in [7, 11) is 0. The van der Waals surface area contributed by atoms with Gasteiger partial charge in [0.2, 0.25) is 0 Å². The number of hydrogen-bond donors (Lipinski definition) is 2. The molecule has 1 heterocycles. The van der Waals surface area contributed by atoms with Crippen molar-refractivity contribution in [2.45, 2.75) is 32.6 Å². The molecule has 3 nitrogen and oxygen atoms in total. The highest BCUT2D eigenvalue weighted by Gasteiger charge is 2.14. The third kappa shape index (κ3) is 5.18. The minimum atomic E-state index is 0. The van der Waals surface area contributed by atoms with Gasteiger partial charge < -0.3 is 10.6 Å². The Labute approximate surface area is 133 Å². The number of benzene rings is 1. The lowest BCUT2D eigenvalue weighted by Crippen LogP contribution is -2.29. The molecule has 2 N–H and O–H groups in total. The van der Waals surface area contributed by atoms with Crippen molar-refractivity contribution < 1.29 is 4.79 Å². The monoisotopic (exact) mass is 308 g/mol. The van der Waals surface area contributed by atoms with Crippen LogP contribution in [0.4, 0.5) is 0 Å². The molecule has 0 spiro atoms. The Hall–Kier alpha value is -1.32. The Kier molecular flexibility index (Phi) is 6.43. The zero-order valence-electron chi connectivity index (χ0n) is 13.0. The van der Waals surface area contributed by atoms with E-state index >= 15 is 0 Å². The Morgan fingerprint density at radius 1 is 1.24 bits per heavy atom. The lowest BCUT2D eigenvalue weighted by molar-refractivity contribution is 0.0956. The van der Waals surface area contributed by atoms with Crippen molar-refractivity contribution in [2.24, 2.45) is 0 Å². The molecule has 0 aromatic heterocycles. The van der Waals surface area contributed by atoms with Gasteiger partial charge in [0.25, 0.3) is 5.91 Å². The fourth-order valence-electron chi connectivity index (χ4n) is 2.25. The summed E-state index contributed by atoms with van der Waals surface area (Å²) in [5.41, 5.74) is 3.40. The highest BCUT2D eigenvalue weighted by molar-refractivity contribution is 5.94. The highest BCUT2D eigenvalue weighted by Crippen LogP contribution is 2.22. The minimum Gasteiger partial charge on any atom is -0.348 e. The fraction of sp³-hybridized carbons (Fsp3) is 0.471. The summed E-state index contributed by atoms with van der Waals surface area (Å²) < 4.78 is 0. The van der Waals surface area contributed by atoms with E-state index in [9.17, 15) is 4.79 Å². The van der Waals surface area contributed by atoms with E-state index in [1.54, 1.807) is 0 Å². The molecule has 4 heteroatoms. The quantitative estimate of drug-likeness (QED) is 0.843. The molecule has 21 heavy (non-hydrogen) atoms. The maximum absolute atomic E-state index is 12.1. The maximum Gasteiger partial charge on any atom is 0.251 e. The van der Waals surface area contributed by atoms with Crippen LogP contribution in [0.15, 0.2) is 35.9 Å². The van der Waals surface area contributed by atoms with Crippen molar-refractivity contribution in [3.05, 3.63) is 47.0 Å². The minimum absolute atomic E-state index is 0. The van der Waals surface area contributed by atoms with E-state index in [1.807, 2.05) is 24.3 Å². The molecular weight excluding hydrogens is 284 g/mol. The van der Waals surface area contributed by atoms with Crippen LogP contribution in [-0.4, -0.2) is 25.5 Å². The predicted octanol–water partition coefficient (Wildman–Crippen LogP) is 3.06. The average Bonchev–Trinajstić information content (AvgIpc) is 2.45. The van der Waals surface area contributed by atoms with Gasteiger partial charge >= 0.3 is 0 Å². The Morgan fingerprint density at radius 3 is 2.43 bits per heavy atom. The molecule has 0 unspecified atom stereocenters. The second kappa shape index (κ2) is 7.62. The van der Waals surface area contributed by atoms with Gasteiger partial charge in [-0.1, -0.05) is 44.6 Å². The van der Waals surface area contributed by atoms with Crippen LogP contribution in [0.25, 0.3) is 0 Å². The fourth-order valence-corrected chi connectivity index (χ4v) is 2.25. The Balaban J connectivity index is 0.00000220. The molecule has 1 aromatic rings. The van der Waals surface area contributed by atoms with Gasteiger partial charge in [-0.2, -0.15) is 0 Å². The van der Waals surface area contributed by atoms with Gasteiger partial charge in [-0.05, 0) is 36.1 Å². The molecule has 1 amide bonds. The van der Waals surface area contributed by atoms with Gasteiger partial charge in [0.05, 0.1) is 0 Å². The van der Waals surface area contributed by atoms with Gasteiger partial charge in [-0.3, -0.25) is 4.79 Å². The molecule has 2 rings (SSSR count). The molecule has 116 valence electrons. The molecule has 0 fully saturated rings. The van der Waals surface area contributed by atoms with E-state index < -0.39 is 0 Å². The predicted molar refractivity (Wildman–Crippen MR) is 90.3 cm³/mol. The summed E-state index contributed by atoms with van der Waals surface area (Å²) in [6.07, 6.45) is 3.18. The standard InChI is InChI=1S/C17H24N2O.ClH/c1-17(2,3)15-6-4-14(5-7-15)16(20)19-12-13-8-10-18-11-9-13;/h4-8,18H,9-12H2,1-3H3,(H,19,20);1H.